The third-order valence-electron chi connectivity index (χ3n) is 6.91. The molecule has 0 saturated carbocycles. The molecule has 0 unspecified atom stereocenters. The van der Waals surface area contributed by atoms with Crippen LogP contribution in [0.5, 0.6) is 11.5 Å². The molecule has 212 valence electrons. The molecule has 1 aliphatic rings. The molecule has 1 aliphatic heterocycles. The van der Waals surface area contributed by atoms with E-state index in [2.05, 4.69) is 55.5 Å². The van der Waals surface area contributed by atoms with Crippen LogP contribution >= 0.6 is 0 Å². The van der Waals surface area contributed by atoms with Gasteiger partial charge in [-0.15, -0.1) is 0 Å². The number of nitrogens with zero attached hydrogens (tertiary/aromatic N) is 5. The van der Waals surface area contributed by atoms with E-state index in [4.69, 9.17) is 15.2 Å². The second kappa shape index (κ2) is 13.5. The Morgan fingerprint density at radius 1 is 1.05 bits per heavy atom. The van der Waals surface area contributed by atoms with Crippen molar-refractivity contribution < 1.29 is 14.3 Å². The lowest BCUT2D eigenvalue weighted by atomic mass is 10.1. The molecule has 0 radical (unpaired) electrons. The number of carbonyl (C=O) groups is 1. The fourth-order valence-electron chi connectivity index (χ4n) is 4.51. The number of likely N-dealkylation sites (N-methyl/N-ethyl adjacent to an activating group) is 1. The van der Waals surface area contributed by atoms with Crippen molar-refractivity contribution in [2.45, 2.75) is 13.3 Å². The Labute approximate surface area is 235 Å². The average Bonchev–Trinajstić information content (AvgIpc) is 3.00. The molecule has 4 rings (SSSR count). The number of carbonyl (C=O) groups excluding carboxylic acids is 1. The number of methoxy groups -OCH3 is 2. The minimum Gasteiger partial charge on any atom is -0.497 e. The topological polar surface area (TPSA) is 121 Å². The van der Waals surface area contributed by atoms with Gasteiger partial charge in [-0.1, -0.05) is 13.0 Å². The van der Waals surface area contributed by atoms with Gasteiger partial charge in [-0.05, 0) is 42.9 Å². The van der Waals surface area contributed by atoms with Crippen LogP contribution in [0.25, 0.3) is 0 Å². The first-order chi connectivity index (χ1) is 19.4. The van der Waals surface area contributed by atoms with Crippen LogP contribution in [0.3, 0.4) is 0 Å². The summed E-state index contributed by atoms with van der Waals surface area (Å²) in [5.41, 5.74) is 9.40. The molecule has 3 aromatic rings. The van der Waals surface area contributed by atoms with Crippen molar-refractivity contribution in [3.8, 4) is 11.5 Å². The molecule has 1 saturated heterocycles. The highest BCUT2D eigenvalue weighted by Gasteiger charge is 2.18. The second-order valence-electron chi connectivity index (χ2n) is 9.37. The molecule has 1 aromatic heterocycles. The highest BCUT2D eigenvalue weighted by molar-refractivity contribution is 6.01. The van der Waals surface area contributed by atoms with Crippen LogP contribution in [-0.4, -0.2) is 74.9 Å². The predicted molar refractivity (Wildman–Crippen MR) is 160 cm³/mol. The van der Waals surface area contributed by atoms with Crippen molar-refractivity contribution in [2.75, 3.05) is 74.4 Å². The maximum absolute atomic E-state index is 13.0. The number of hydrogen-bond donors (Lipinski definition) is 3. The minimum atomic E-state index is -0.374. The van der Waals surface area contributed by atoms with Gasteiger partial charge in [0.15, 0.2) is 0 Å². The third kappa shape index (κ3) is 7.11. The third-order valence-corrected chi connectivity index (χ3v) is 6.91. The molecule has 4 N–H and O–H groups in total. The van der Waals surface area contributed by atoms with Crippen molar-refractivity contribution in [3.05, 3.63) is 66.6 Å². The second-order valence-corrected chi connectivity index (χ2v) is 9.37. The first-order valence-corrected chi connectivity index (χ1v) is 13.3. The van der Waals surface area contributed by atoms with Crippen molar-refractivity contribution in [1.29, 1.82) is 0 Å². The zero-order valence-electron chi connectivity index (χ0n) is 23.6. The highest BCUT2D eigenvalue weighted by atomic mass is 16.5. The number of aromatic nitrogens is 2. The van der Waals surface area contributed by atoms with E-state index in [-0.39, 0.29) is 6.03 Å². The van der Waals surface area contributed by atoms with E-state index in [0.29, 0.717) is 35.2 Å². The van der Waals surface area contributed by atoms with Gasteiger partial charge in [0.25, 0.3) is 0 Å². The number of ether oxygens (including phenoxy) is 2. The number of benzene rings is 2. The summed E-state index contributed by atoms with van der Waals surface area (Å²) in [5, 5.41) is 6.25. The average molecular weight is 547 g/mol. The normalized spacial score (nSPS) is 13.8. The largest absolute Gasteiger partial charge is 0.497 e. The molecule has 0 aliphatic carbocycles. The zero-order valence-corrected chi connectivity index (χ0v) is 23.6. The van der Waals surface area contributed by atoms with Crippen LogP contribution in [0.1, 0.15) is 12.5 Å². The summed E-state index contributed by atoms with van der Waals surface area (Å²) < 4.78 is 10.6. The minimum absolute atomic E-state index is 0.374. The first kappa shape index (κ1) is 28.5. The summed E-state index contributed by atoms with van der Waals surface area (Å²) in [7, 11) is 4.75. The van der Waals surface area contributed by atoms with Gasteiger partial charge in [0, 0.05) is 74.6 Å². The molecule has 1 fully saturated rings. The highest BCUT2D eigenvalue weighted by Crippen LogP contribution is 2.29. The number of piperazine rings is 1. The van der Waals surface area contributed by atoms with Crippen molar-refractivity contribution in [2.24, 2.45) is 5.73 Å². The van der Waals surface area contributed by atoms with Crippen LogP contribution in [0.2, 0.25) is 0 Å². The lowest BCUT2D eigenvalue weighted by molar-refractivity contribution is 0.258. The number of urea groups is 1. The molecule has 2 heterocycles. The van der Waals surface area contributed by atoms with Crippen molar-refractivity contribution in [3.63, 3.8) is 0 Å². The van der Waals surface area contributed by atoms with E-state index >= 15 is 0 Å². The maximum Gasteiger partial charge on any atom is 0.327 e. The summed E-state index contributed by atoms with van der Waals surface area (Å²) >= 11 is 0. The van der Waals surface area contributed by atoms with Gasteiger partial charge < -0.3 is 35.6 Å². The molecule has 40 heavy (non-hydrogen) atoms. The van der Waals surface area contributed by atoms with E-state index in [1.54, 1.807) is 51.7 Å². The van der Waals surface area contributed by atoms with Gasteiger partial charge >= 0.3 is 6.03 Å². The fraction of sp³-hybridized carbons (Fsp3) is 0.345. The molecule has 2 amide bonds. The monoisotopic (exact) mass is 546 g/mol. The van der Waals surface area contributed by atoms with Gasteiger partial charge in [-0.3, -0.25) is 4.90 Å². The Bertz CT molecular complexity index is 1300. The molecular formula is C29H38N8O3. The summed E-state index contributed by atoms with van der Waals surface area (Å²) in [6.07, 6.45) is 5.59. The first-order valence-electron chi connectivity index (χ1n) is 13.3. The van der Waals surface area contributed by atoms with E-state index in [9.17, 15) is 4.79 Å². The van der Waals surface area contributed by atoms with Crippen molar-refractivity contribution >= 4 is 34.7 Å². The molecule has 0 spiro atoms. The molecule has 11 heteroatoms. The van der Waals surface area contributed by atoms with Crippen LogP contribution in [0, 0.1) is 0 Å². The maximum atomic E-state index is 13.0. The van der Waals surface area contributed by atoms with E-state index in [1.807, 2.05) is 6.08 Å². The number of amides is 2. The van der Waals surface area contributed by atoms with Gasteiger partial charge in [0.05, 0.1) is 14.2 Å². The predicted octanol–water partition coefficient (Wildman–Crippen LogP) is 4.06. The van der Waals surface area contributed by atoms with Gasteiger partial charge in [-0.2, -0.15) is 0 Å². The summed E-state index contributed by atoms with van der Waals surface area (Å²) in [6, 6.07) is 12.9. The van der Waals surface area contributed by atoms with Crippen LogP contribution in [-0.2, 0) is 6.42 Å². The lowest BCUT2D eigenvalue weighted by Crippen LogP contribution is -2.46. The Balaban J connectivity index is 1.49. The number of anilines is 5. The van der Waals surface area contributed by atoms with Crippen molar-refractivity contribution in [1.82, 2.24) is 14.9 Å². The molecule has 0 bridgehead atoms. The molecule has 2 aromatic carbocycles. The standard InChI is InChI=1S/C29H38N8O3/c1-5-36-11-13-37(14-12-36)23-8-9-26(21(15-23)7-6-10-30)34-27-19-28(32-20-31-27)35(2)29(38)33-22-16-24(39-3)18-25(17-22)40-4/h6,8-10,15-20H,5,7,11-14,30H2,1-4H3,(H,33,38)(H,31,32,34). The number of nitrogens with two attached hydrogens (primary N) is 1. The van der Waals surface area contributed by atoms with Gasteiger partial charge in [0.1, 0.15) is 29.5 Å². The molecule has 0 atom stereocenters. The quantitative estimate of drug-likeness (QED) is 0.346. The Morgan fingerprint density at radius 3 is 2.42 bits per heavy atom. The summed E-state index contributed by atoms with van der Waals surface area (Å²) in [6.45, 7) is 7.40. The smallest absolute Gasteiger partial charge is 0.327 e. The number of nitrogens with one attached hydrogen (secondary N) is 2. The zero-order chi connectivity index (χ0) is 28.5. The molecular weight excluding hydrogens is 508 g/mol. The Kier molecular flexibility index (Phi) is 9.63. The summed E-state index contributed by atoms with van der Waals surface area (Å²) in [5.74, 6) is 2.13. The fourth-order valence-corrected chi connectivity index (χ4v) is 4.51. The lowest BCUT2D eigenvalue weighted by Gasteiger charge is -2.35. The van der Waals surface area contributed by atoms with Gasteiger partial charge in [-0.25, -0.2) is 14.8 Å². The van der Waals surface area contributed by atoms with E-state index in [0.717, 1.165) is 44.0 Å². The van der Waals surface area contributed by atoms with Crippen LogP contribution in [0.4, 0.5) is 33.5 Å². The summed E-state index contributed by atoms with van der Waals surface area (Å²) in [4.78, 5) is 28.0. The van der Waals surface area contributed by atoms with E-state index in [1.165, 1.54) is 16.9 Å². The number of allylic oxidation sites excluding steroid dienone is 1. The van der Waals surface area contributed by atoms with Gasteiger partial charge in [0.2, 0.25) is 0 Å². The Morgan fingerprint density at radius 2 is 1.77 bits per heavy atom. The van der Waals surface area contributed by atoms with Crippen LogP contribution in [0.15, 0.2) is 61.1 Å². The van der Waals surface area contributed by atoms with Crippen LogP contribution < -0.4 is 35.6 Å². The molecule has 11 nitrogen and oxygen atoms in total. The number of hydrogen-bond acceptors (Lipinski definition) is 9. The van der Waals surface area contributed by atoms with E-state index < -0.39 is 0 Å². The Hall–Kier alpha value is -4.51. The number of rotatable bonds is 10. The SMILES string of the molecule is CCN1CCN(c2ccc(Nc3cc(N(C)C(=O)Nc4cc(OC)cc(OC)c4)ncn3)c(CC=CN)c2)CC1.